The average Bonchev–Trinajstić information content (AvgIpc) is 2.98. The normalized spacial score (nSPS) is 12.0. The Morgan fingerprint density at radius 3 is 2.67 bits per heavy atom. The molecule has 116 valence electrons. The molecule has 0 aliphatic carbocycles. The van der Waals surface area contributed by atoms with Gasteiger partial charge in [-0.3, -0.25) is 4.72 Å². The monoisotopic (exact) mass is 345 g/mol. The lowest BCUT2D eigenvalue weighted by molar-refractivity contribution is 0.603. The number of anilines is 1. The molecule has 0 aliphatic heterocycles. The van der Waals surface area contributed by atoms with E-state index in [1.54, 1.807) is 6.07 Å². The molecule has 0 spiro atoms. The van der Waals surface area contributed by atoms with Crippen LogP contribution in [0, 0.1) is 6.92 Å². The van der Waals surface area contributed by atoms with Crippen molar-refractivity contribution in [1.82, 2.24) is 10.3 Å². The topological polar surface area (TPSA) is 71.1 Å². The maximum atomic E-state index is 12.4. The van der Waals surface area contributed by atoms with Crippen molar-refractivity contribution in [3.8, 4) is 0 Å². The van der Waals surface area contributed by atoms with Gasteiger partial charge >= 0.3 is 0 Å². The van der Waals surface area contributed by atoms with Gasteiger partial charge in [0, 0.05) is 16.8 Å². The summed E-state index contributed by atoms with van der Waals surface area (Å²) in [5.41, 5.74) is 1.88. The summed E-state index contributed by atoms with van der Waals surface area (Å²) in [6.45, 7) is 6.64. The molecule has 0 unspecified atom stereocenters. The molecule has 2 aromatic rings. The molecule has 0 aromatic carbocycles. The lowest BCUT2D eigenvalue weighted by atomic mass is 10.2. The minimum absolute atomic E-state index is 0.283. The summed E-state index contributed by atoms with van der Waals surface area (Å²) in [4.78, 5) is 5.33. The Hall–Kier alpha value is -0.960. The predicted molar refractivity (Wildman–Crippen MR) is 88.8 cm³/mol. The van der Waals surface area contributed by atoms with Gasteiger partial charge in [0.15, 0.2) is 5.13 Å². The van der Waals surface area contributed by atoms with E-state index in [4.69, 9.17) is 0 Å². The molecule has 0 fully saturated rings. The summed E-state index contributed by atoms with van der Waals surface area (Å²) in [7, 11) is -1.72. The first-order valence-electron chi connectivity index (χ1n) is 6.55. The summed E-state index contributed by atoms with van der Waals surface area (Å²) in [6, 6.07) is 1.70. The van der Waals surface area contributed by atoms with E-state index >= 15 is 0 Å². The molecule has 0 radical (unpaired) electrons. The number of hydrogen-bond acceptors (Lipinski definition) is 6. The van der Waals surface area contributed by atoms with Crippen molar-refractivity contribution in [3.05, 3.63) is 27.6 Å². The minimum Gasteiger partial charge on any atom is -0.315 e. The highest BCUT2D eigenvalue weighted by Gasteiger charge is 2.20. The molecule has 2 heterocycles. The van der Waals surface area contributed by atoms with Gasteiger partial charge in [-0.1, -0.05) is 13.8 Å². The predicted octanol–water partition coefficient (Wildman–Crippen LogP) is 3.16. The van der Waals surface area contributed by atoms with Crippen LogP contribution in [-0.2, 0) is 16.6 Å². The second-order valence-corrected chi connectivity index (χ2v) is 8.94. The lowest BCUT2D eigenvalue weighted by Crippen LogP contribution is -2.11. The van der Waals surface area contributed by atoms with Gasteiger partial charge in [-0.2, -0.15) is 0 Å². The van der Waals surface area contributed by atoms with Crippen molar-refractivity contribution in [3.63, 3.8) is 0 Å². The maximum Gasteiger partial charge on any atom is 0.273 e. The molecule has 5 nitrogen and oxygen atoms in total. The molecule has 8 heteroatoms. The van der Waals surface area contributed by atoms with E-state index in [0.717, 1.165) is 16.1 Å². The zero-order chi connectivity index (χ0) is 15.6. The van der Waals surface area contributed by atoms with Gasteiger partial charge in [-0.25, -0.2) is 13.4 Å². The second kappa shape index (κ2) is 6.43. The third-order valence-electron chi connectivity index (χ3n) is 2.94. The van der Waals surface area contributed by atoms with E-state index in [2.05, 4.69) is 15.0 Å². The number of nitrogens with zero attached hydrogens (tertiary/aromatic N) is 1. The zero-order valence-corrected chi connectivity index (χ0v) is 14.9. The fourth-order valence-corrected chi connectivity index (χ4v) is 5.45. The molecule has 21 heavy (non-hydrogen) atoms. The fraction of sp³-hybridized carbons (Fsp3) is 0.462. The quantitative estimate of drug-likeness (QED) is 0.844. The highest BCUT2D eigenvalue weighted by atomic mass is 32.2. The van der Waals surface area contributed by atoms with Crippen LogP contribution < -0.4 is 10.0 Å². The van der Waals surface area contributed by atoms with Crippen molar-refractivity contribution in [2.45, 2.75) is 37.4 Å². The Morgan fingerprint density at radius 1 is 1.38 bits per heavy atom. The number of nitrogens with one attached hydrogen (secondary N) is 2. The van der Waals surface area contributed by atoms with Crippen LogP contribution in [-0.4, -0.2) is 20.4 Å². The smallest absolute Gasteiger partial charge is 0.273 e. The molecule has 2 N–H and O–H groups in total. The molecule has 0 saturated heterocycles. The Bertz CT molecular complexity index is 717. The molecule has 0 aliphatic rings. The Balaban J connectivity index is 2.23. The Kier molecular flexibility index (Phi) is 5.03. The van der Waals surface area contributed by atoms with Crippen LogP contribution in [0.15, 0.2) is 15.7 Å². The van der Waals surface area contributed by atoms with Gasteiger partial charge in [-0.15, -0.1) is 22.7 Å². The number of aryl methyl sites for hydroxylation is 1. The standard InChI is InChI=1S/C13H19N3O2S3/c1-8(2)10-7-19-13(15-10)16-21(17,18)12-5-9(3)11(20-12)6-14-4/h5,7-8,14H,6H2,1-4H3,(H,15,16). The lowest BCUT2D eigenvalue weighted by Gasteiger charge is -2.02. The molecule has 0 amide bonds. The van der Waals surface area contributed by atoms with Crippen LogP contribution in [0.25, 0.3) is 0 Å². The van der Waals surface area contributed by atoms with Gasteiger partial charge in [0.05, 0.1) is 5.69 Å². The van der Waals surface area contributed by atoms with Gasteiger partial charge in [-0.05, 0) is 31.5 Å². The summed E-state index contributed by atoms with van der Waals surface area (Å²) in [5.74, 6) is 0.283. The van der Waals surface area contributed by atoms with Crippen LogP contribution in [0.1, 0.15) is 35.9 Å². The first-order chi connectivity index (χ1) is 9.83. The van der Waals surface area contributed by atoms with E-state index in [1.807, 2.05) is 33.2 Å². The molecule has 0 atom stereocenters. The van der Waals surface area contributed by atoms with Gasteiger partial charge in [0.1, 0.15) is 4.21 Å². The summed E-state index contributed by atoms with van der Waals surface area (Å²) >= 11 is 2.60. The molecule has 2 rings (SSSR count). The van der Waals surface area contributed by atoms with Crippen molar-refractivity contribution in [1.29, 1.82) is 0 Å². The van der Waals surface area contributed by atoms with Gasteiger partial charge < -0.3 is 5.32 Å². The number of thiazole rings is 1. The van der Waals surface area contributed by atoms with Crippen molar-refractivity contribution in [2.75, 3.05) is 11.8 Å². The molecule has 2 aromatic heterocycles. The second-order valence-electron chi connectivity index (χ2n) is 5.04. The Morgan fingerprint density at radius 2 is 2.10 bits per heavy atom. The summed E-state index contributed by atoms with van der Waals surface area (Å²) in [6.07, 6.45) is 0. The average molecular weight is 346 g/mol. The first-order valence-corrected chi connectivity index (χ1v) is 9.73. The number of thiophene rings is 1. The summed E-state index contributed by atoms with van der Waals surface area (Å²) in [5, 5.41) is 5.34. The van der Waals surface area contributed by atoms with Crippen LogP contribution in [0.5, 0.6) is 0 Å². The third-order valence-corrected chi connectivity index (χ3v) is 6.89. The van der Waals surface area contributed by atoms with Gasteiger partial charge in [0.25, 0.3) is 10.0 Å². The third kappa shape index (κ3) is 3.82. The number of hydrogen-bond donors (Lipinski definition) is 2. The minimum atomic E-state index is -3.56. The van der Waals surface area contributed by atoms with Crippen LogP contribution >= 0.6 is 22.7 Å². The van der Waals surface area contributed by atoms with E-state index in [0.29, 0.717) is 15.9 Å². The molecule has 0 saturated carbocycles. The van der Waals surface area contributed by atoms with Crippen molar-refractivity contribution >= 4 is 37.8 Å². The van der Waals surface area contributed by atoms with E-state index < -0.39 is 10.0 Å². The fourth-order valence-electron chi connectivity index (χ4n) is 1.72. The maximum absolute atomic E-state index is 12.4. The highest BCUT2D eigenvalue weighted by Crippen LogP contribution is 2.29. The van der Waals surface area contributed by atoms with Crippen LogP contribution in [0.4, 0.5) is 5.13 Å². The van der Waals surface area contributed by atoms with Crippen molar-refractivity contribution in [2.24, 2.45) is 0 Å². The number of rotatable bonds is 6. The van der Waals surface area contributed by atoms with Crippen LogP contribution in [0.2, 0.25) is 0 Å². The number of aromatic nitrogens is 1. The molecule has 0 bridgehead atoms. The Labute approximate surface area is 133 Å². The molecular weight excluding hydrogens is 326 g/mol. The summed E-state index contributed by atoms with van der Waals surface area (Å²) < 4.78 is 27.7. The largest absolute Gasteiger partial charge is 0.315 e. The number of sulfonamides is 1. The molecular formula is C13H19N3O2S3. The highest BCUT2D eigenvalue weighted by molar-refractivity contribution is 7.94. The SMILES string of the molecule is CNCc1sc(S(=O)(=O)Nc2nc(C(C)C)cs2)cc1C. The zero-order valence-electron chi connectivity index (χ0n) is 12.4. The van der Waals surface area contributed by atoms with E-state index in [-0.39, 0.29) is 5.92 Å². The van der Waals surface area contributed by atoms with Gasteiger partial charge in [0.2, 0.25) is 0 Å². The first kappa shape index (κ1) is 16.4. The van der Waals surface area contributed by atoms with E-state index in [1.165, 1.54) is 22.7 Å². The van der Waals surface area contributed by atoms with E-state index in [9.17, 15) is 8.42 Å². The van der Waals surface area contributed by atoms with Crippen molar-refractivity contribution < 1.29 is 8.42 Å². The van der Waals surface area contributed by atoms with Crippen LogP contribution in [0.3, 0.4) is 0 Å².